The Bertz CT molecular complexity index is 516. The summed E-state index contributed by atoms with van der Waals surface area (Å²) in [6, 6.07) is 3.78. The first-order valence-corrected chi connectivity index (χ1v) is 6.24. The van der Waals surface area contributed by atoms with Gasteiger partial charge >= 0.3 is 6.18 Å². The Kier molecular flexibility index (Phi) is 3.89. The van der Waals surface area contributed by atoms with Crippen molar-refractivity contribution in [3.8, 4) is 0 Å². The fourth-order valence-corrected chi connectivity index (χ4v) is 2.45. The molecule has 0 radical (unpaired) electrons. The van der Waals surface area contributed by atoms with Gasteiger partial charge in [0.05, 0.1) is 11.5 Å². The van der Waals surface area contributed by atoms with Crippen LogP contribution < -0.4 is 11.5 Å². The van der Waals surface area contributed by atoms with E-state index < -0.39 is 17.6 Å². The van der Waals surface area contributed by atoms with Gasteiger partial charge in [-0.1, -0.05) is 6.07 Å². The molecule has 0 spiro atoms. The molecule has 4 N–H and O–H groups in total. The number of halogens is 3. The van der Waals surface area contributed by atoms with Gasteiger partial charge in [-0.25, -0.2) is 0 Å². The van der Waals surface area contributed by atoms with E-state index >= 15 is 0 Å². The topological polar surface area (TPSA) is 72.4 Å². The lowest BCUT2D eigenvalue weighted by Crippen LogP contribution is -2.27. The van der Waals surface area contributed by atoms with Crippen LogP contribution in [0.5, 0.6) is 0 Å². The number of nitrogens with zero attached hydrogens (tertiary/aromatic N) is 1. The monoisotopic (exact) mass is 287 g/mol. The highest BCUT2D eigenvalue weighted by Gasteiger charge is 2.35. The predicted molar refractivity (Wildman–Crippen MR) is 68.4 cm³/mol. The summed E-state index contributed by atoms with van der Waals surface area (Å²) in [5, 5.41) is 0. The molecule has 20 heavy (non-hydrogen) atoms. The Balaban J connectivity index is 2.16. The molecule has 1 aromatic rings. The lowest BCUT2D eigenvalue weighted by Gasteiger charge is -2.19. The number of carbonyl (C=O) groups excluding carboxylic acids is 1. The van der Waals surface area contributed by atoms with Crippen LogP contribution in [0.2, 0.25) is 0 Å². The Hall–Kier alpha value is -1.76. The van der Waals surface area contributed by atoms with E-state index in [9.17, 15) is 18.0 Å². The van der Waals surface area contributed by atoms with Gasteiger partial charge in [-0.05, 0) is 30.7 Å². The molecule has 1 aliphatic heterocycles. The molecule has 0 aliphatic carbocycles. The van der Waals surface area contributed by atoms with Gasteiger partial charge in [0.2, 0.25) is 5.91 Å². The summed E-state index contributed by atoms with van der Waals surface area (Å²) < 4.78 is 38.9. The van der Waals surface area contributed by atoms with Crippen molar-refractivity contribution in [3.63, 3.8) is 0 Å². The van der Waals surface area contributed by atoms with Gasteiger partial charge in [0.1, 0.15) is 0 Å². The zero-order valence-electron chi connectivity index (χ0n) is 10.8. The summed E-state index contributed by atoms with van der Waals surface area (Å²) >= 11 is 0. The fraction of sp³-hybridized carbons (Fsp3) is 0.462. The minimum absolute atomic E-state index is 0.0810. The third-order valence-electron chi connectivity index (χ3n) is 3.51. The molecule has 2 rings (SSSR count). The summed E-state index contributed by atoms with van der Waals surface area (Å²) in [6.45, 7) is 1.10. The Labute approximate surface area is 114 Å². The number of nitrogens with two attached hydrogens (primary N) is 2. The SMILES string of the molecule is NC(=O)C1CCN(Cc2ccc(N)cc2C(F)(F)F)C1. The first-order valence-electron chi connectivity index (χ1n) is 6.24. The van der Waals surface area contributed by atoms with E-state index in [0.717, 1.165) is 6.07 Å². The summed E-state index contributed by atoms with van der Waals surface area (Å²) in [4.78, 5) is 12.9. The molecule has 1 fully saturated rings. The number of likely N-dealkylation sites (tertiary alicyclic amines) is 1. The highest BCUT2D eigenvalue weighted by Crippen LogP contribution is 2.34. The molecule has 4 nitrogen and oxygen atoms in total. The number of alkyl halides is 3. The standard InChI is InChI=1S/C13H16F3N3O/c14-13(15,16)11-5-10(17)2-1-8(11)6-19-4-3-9(7-19)12(18)20/h1-2,5,9H,3-4,6-7,17H2,(H2,18,20). The smallest absolute Gasteiger partial charge is 0.399 e. The molecule has 1 aliphatic rings. The van der Waals surface area contributed by atoms with Gasteiger partial charge in [-0.15, -0.1) is 0 Å². The predicted octanol–water partition coefficient (Wildman–Crippen LogP) is 1.59. The van der Waals surface area contributed by atoms with Crippen molar-refractivity contribution in [1.82, 2.24) is 4.90 Å². The average molecular weight is 287 g/mol. The normalized spacial score (nSPS) is 20.2. The molecule has 1 unspecified atom stereocenters. The number of hydrogen-bond donors (Lipinski definition) is 2. The van der Waals surface area contributed by atoms with Crippen LogP contribution in [0.1, 0.15) is 17.5 Å². The van der Waals surface area contributed by atoms with Crippen molar-refractivity contribution in [2.24, 2.45) is 11.7 Å². The van der Waals surface area contributed by atoms with Gasteiger partial charge in [0.25, 0.3) is 0 Å². The van der Waals surface area contributed by atoms with Gasteiger partial charge in [0, 0.05) is 18.8 Å². The molecule has 0 bridgehead atoms. The van der Waals surface area contributed by atoms with Crippen molar-refractivity contribution in [2.75, 3.05) is 18.8 Å². The van der Waals surface area contributed by atoms with Crippen LogP contribution in [0, 0.1) is 5.92 Å². The van der Waals surface area contributed by atoms with Crippen molar-refractivity contribution < 1.29 is 18.0 Å². The summed E-state index contributed by atoms with van der Waals surface area (Å²) in [5.74, 6) is -0.682. The van der Waals surface area contributed by atoms with E-state index in [4.69, 9.17) is 11.5 Å². The minimum atomic E-state index is -4.44. The van der Waals surface area contributed by atoms with Crippen LogP contribution in [0.15, 0.2) is 18.2 Å². The van der Waals surface area contributed by atoms with Gasteiger partial charge in [-0.3, -0.25) is 9.69 Å². The van der Waals surface area contributed by atoms with Crippen molar-refractivity contribution in [2.45, 2.75) is 19.1 Å². The molecular weight excluding hydrogens is 271 g/mol. The summed E-state index contributed by atoms with van der Waals surface area (Å²) in [5.41, 5.74) is 10.2. The van der Waals surface area contributed by atoms with E-state index in [2.05, 4.69) is 0 Å². The molecule has 1 atom stereocenters. The molecule has 1 heterocycles. The number of carbonyl (C=O) groups is 1. The van der Waals surface area contributed by atoms with E-state index in [1.165, 1.54) is 12.1 Å². The second-order valence-corrected chi connectivity index (χ2v) is 5.04. The number of nitrogen functional groups attached to an aromatic ring is 1. The molecular formula is C13H16F3N3O. The van der Waals surface area contributed by atoms with E-state index in [-0.39, 0.29) is 23.7 Å². The number of anilines is 1. The molecule has 7 heteroatoms. The molecule has 110 valence electrons. The zero-order valence-corrected chi connectivity index (χ0v) is 10.8. The quantitative estimate of drug-likeness (QED) is 0.829. The van der Waals surface area contributed by atoms with E-state index in [1.54, 1.807) is 4.90 Å². The highest BCUT2D eigenvalue weighted by molar-refractivity contribution is 5.77. The Morgan fingerprint density at radius 2 is 2.10 bits per heavy atom. The van der Waals surface area contributed by atoms with E-state index in [1.807, 2.05) is 0 Å². The molecule has 1 aromatic carbocycles. The van der Waals surface area contributed by atoms with Crippen molar-refractivity contribution in [1.29, 1.82) is 0 Å². The largest absolute Gasteiger partial charge is 0.416 e. The molecule has 0 saturated carbocycles. The van der Waals surface area contributed by atoms with Crippen LogP contribution in [0.3, 0.4) is 0 Å². The summed E-state index contributed by atoms with van der Waals surface area (Å²) in [6.07, 6.45) is -3.85. The third kappa shape index (κ3) is 3.22. The molecule has 1 saturated heterocycles. The molecule has 1 amide bonds. The highest BCUT2D eigenvalue weighted by atomic mass is 19.4. The lowest BCUT2D eigenvalue weighted by molar-refractivity contribution is -0.138. The summed E-state index contributed by atoms with van der Waals surface area (Å²) in [7, 11) is 0. The van der Waals surface area contributed by atoms with Crippen LogP contribution in [-0.2, 0) is 17.5 Å². The Morgan fingerprint density at radius 1 is 1.40 bits per heavy atom. The van der Waals surface area contributed by atoms with Gasteiger partial charge < -0.3 is 11.5 Å². The second-order valence-electron chi connectivity index (χ2n) is 5.04. The zero-order chi connectivity index (χ0) is 14.9. The first kappa shape index (κ1) is 14.6. The number of hydrogen-bond acceptors (Lipinski definition) is 3. The number of rotatable bonds is 3. The van der Waals surface area contributed by atoms with Gasteiger partial charge in [-0.2, -0.15) is 13.2 Å². The van der Waals surface area contributed by atoms with Gasteiger partial charge in [0.15, 0.2) is 0 Å². The van der Waals surface area contributed by atoms with Crippen LogP contribution in [0.25, 0.3) is 0 Å². The van der Waals surface area contributed by atoms with E-state index in [0.29, 0.717) is 19.5 Å². The first-order chi connectivity index (χ1) is 9.27. The average Bonchev–Trinajstić information content (AvgIpc) is 2.79. The minimum Gasteiger partial charge on any atom is -0.399 e. The Morgan fingerprint density at radius 3 is 2.65 bits per heavy atom. The van der Waals surface area contributed by atoms with Crippen molar-refractivity contribution >= 4 is 11.6 Å². The maximum atomic E-state index is 13.0. The van der Waals surface area contributed by atoms with Crippen LogP contribution in [0.4, 0.5) is 18.9 Å². The number of amides is 1. The number of benzene rings is 1. The maximum Gasteiger partial charge on any atom is 0.416 e. The van der Waals surface area contributed by atoms with Crippen LogP contribution in [-0.4, -0.2) is 23.9 Å². The third-order valence-corrected chi connectivity index (χ3v) is 3.51. The van der Waals surface area contributed by atoms with Crippen molar-refractivity contribution in [3.05, 3.63) is 29.3 Å². The molecule has 0 aromatic heterocycles. The van der Waals surface area contributed by atoms with Crippen LogP contribution >= 0.6 is 0 Å². The maximum absolute atomic E-state index is 13.0. The lowest BCUT2D eigenvalue weighted by atomic mass is 10.1. The second kappa shape index (κ2) is 5.32. The number of primary amides is 1. The fourth-order valence-electron chi connectivity index (χ4n) is 2.45.